The number of esters is 1. The van der Waals surface area contributed by atoms with Crippen molar-refractivity contribution >= 4 is 5.97 Å². The Kier molecular flexibility index (Phi) is 13.5. The Balaban J connectivity index is 3.37. The van der Waals surface area contributed by atoms with E-state index in [9.17, 15) is 4.79 Å². The average Bonchev–Trinajstić information content (AvgIpc) is 2.58. The molecule has 134 valence electrons. The van der Waals surface area contributed by atoms with Crippen LogP contribution in [0.3, 0.4) is 0 Å². The van der Waals surface area contributed by atoms with Crippen molar-refractivity contribution in [1.29, 1.82) is 0 Å². The number of hydrogen-bond acceptors (Lipinski definition) is 5. The molecule has 0 aliphatic rings. The maximum atomic E-state index is 11.7. The van der Waals surface area contributed by atoms with Gasteiger partial charge in [0.25, 0.3) is 0 Å². The van der Waals surface area contributed by atoms with Gasteiger partial charge in [0.1, 0.15) is 5.41 Å². The first kappa shape index (κ1) is 21.7. The second-order valence-electron chi connectivity index (χ2n) is 6.15. The van der Waals surface area contributed by atoms with E-state index in [1.807, 2.05) is 0 Å². The van der Waals surface area contributed by atoms with Crippen LogP contribution in [0, 0.1) is 5.41 Å². The minimum Gasteiger partial charge on any atom is -0.465 e. The molecule has 0 amide bonds. The molecule has 2 N–H and O–H groups in total. The smallest absolute Gasteiger partial charge is 0.316 e. The molecule has 0 aliphatic carbocycles. The molecule has 0 aromatic heterocycles. The van der Waals surface area contributed by atoms with E-state index in [0.29, 0.717) is 13.2 Å². The van der Waals surface area contributed by atoms with Gasteiger partial charge >= 0.3 is 5.97 Å². The topological polar surface area (TPSA) is 116 Å². The predicted molar refractivity (Wildman–Crippen MR) is 88.8 cm³/mol. The van der Waals surface area contributed by atoms with Crippen molar-refractivity contribution in [2.24, 2.45) is 10.5 Å². The van der Waals surface area contributed by atoms with Crippen molar-refractivity contribution in [3.05, 3.63) is 10.4 Å². The first-order valence-corrected chi connectivity index (χ1v) is 8.50. The van der Waals surface area contributed by atoms with E-state index in [2.05, 4.69) is 10.0 Å². The molecule has 7 heteroatoms. The number of aliphatic hydroxyl groups excluding tert-OH is 2. The van der Waals surface area contributed by atoms with Gasteiger partial charge in [-0.1, -0.05) is 50.1 Å². The van der Waals surface area contributed by atoms with Crippen LogP contribution in [0.4, 0.5) is 0 Å². The summed E-state index contributed by atoms with van der Waals surface area (Å²) in [5.74, 6) is -0.539. The van der Waals surface area contributed by atoms with Crippen LogP contribution in [0.2, 0.25) is 0 Å². The van der Waals surface area contributed by atoms with Crippen LogP contribution in [0.5, 0.6) is 0 Å². The van der Waals surface area contributed by atoms with Crippen LogP contribution in [-0.2, 0) is 9.53 Å². The lowest BCUT2D eigenvalue weighted by Gasteiger charge is -2.22. The van der Waals surface area contributed by atoms with Crippen LogP contribution in [0.25, 0.3) is 10.4 Å². The van der Waals surface area contributed by atoms with E-state index in [1.165, 1.54) is 32.6 Å². The summed E-state index contributed by atoms with van der Waals surface area (Å²) in [5.41, 5.74) is 6.94. The third-order valence-electron chi connectivity index (χ3n) is 3.89. The Labute approximate surface area is 138 Å². The highest BCUT2D eigenvalue weighted by atomic mass is 16.5. The quantitative estimate of drug-likeness (QED) is 0.157. The largest absolute Gasteiger partial charge is 0.465 e. The van der Waals surface area contributed by atoms with Gasteiger partial charge in [0.05, 0.1) is 19.8 Å². The highest BCUT2D eigenvalue weighted by Gasteiger charge is 2.33. The molecule has 0 unspecified atom stereocenters. The zero-order valence-corrected chi connectivity index (χ0v) is 14.2. The number of carbonyl (C=O) groups is 1. The predicted octanol–water partition coefficient (Wildman–Crippen LogP) is 3.34. The van der Waals surface area contributed by atoms with Crippen molar-refractivity contribution < 1.29 is 19.7 Å². The summed E-state index contributed by atoms with van der Waals surface area (Å²) in [6, 6.07) is 0. The molecule has 0 atom stereocenters. The highest BCUT2D eigenvalue weighted by molar-refractivity contribution is 5.76. The van der Waals surface area contributed by atoms with Crippen molar-refractivity contribution in [2.45, 2.75) is 64.7 Å². The molecule has 0 saturated heterocycles. The Morgan fingerprint density at radius 1 is 1.00 bits per heavy atom. The van der Waals surface area contributed by atoms with Crippen molar-refractivity contribution in [2.75, 3.05) is 26.4 Å². The maximum Gasteiger partial charge on any atom is 0.316 e. The zero-order chi connectivity index (χ0) is 17.4. The van der Waals surface area contributed by atoms with Gasteiger partial charge in [-0.05, 0) is 25.3 Å². The van der Waals surface area contributed by atoms with Gasteiger partial charge in [0.15, 0.2) is 0 Å². The van der Waals surface area contributed by atoms with Crippen LogP contribution >= 0.6 is 0 Å². The second kappa shape index (κ2) is 14.3. The Morgan fingerprint density at radius 2 is 1.48 bits per heavy atom. The van der Waals surface area contributed by atoms with Crippen LogP contribution in [-0.4, -0.2) is 42.5 Å². The third-order valence-corrected chi connectivity index (χ3v) is 3.89. The van der Waals surface area contributed by atoms with Gasteiger partial charge in [0, 0.05) is 11.5 Å². The molecular weight excluding hydrogens is 298 g/mol. The van der Waals surface area contributed by atoms with Gasteiger partial charge in [-0.2, -0.15) is 0 Å². The van der Waals surface area contributed by atoms with Crippen LogP contribution < -0.4 is 0 Å². The fourth-order valence-corrected chi connectivity index (χ4v) is 2.08. The summed E-state index contributed by atoms with van der Waals surface area (Å²) >= 11 is 0. The third kappa shape index (κ3) is 11.0. The van der Waals surface area contributed by atoms with Crippen molar-refractivity contribution in [1.82, 2.24) is 0 Å². The molecule has 0 radical (unpaired) electrons. The van der Waals surface area contributed by atoms with Gasteiger partial charge in [-0.3, -0.25) is 4.79 Å². The lowest BCUT2D eigenvalue weighted by Crippen LogP contribution is -2.37. The lowest BCUT2D eigenvalue weighted by molar-refractivity contribution is -0.160. The van der Waals surface area contributed by atoms with Gasteiger partial charge in [-0.25, -0.2) is 0 Å². The van der Waals surface area contributed by atoms with E-state index in [4.69, 9.17) is 20.5 Å². The number of hydrogen-bond donors (Lipinski definition) is 2. The van der Waals surface area contributed by atoms with E-state index in [1.54, 1.807) is 0 Å². The summed E-state index contributed by atoms with van der Waals surface area (Å²) < 4.78 is 5.09. The Bertz CT molecular complexity index is 353. The number of azide groups is 1. The minimum absolute atomic E-state index is 0.341. The molecule has 7 nitrogen and oxygen atoms in total. The molecule has 0 rings (SSSR count). The SMILES string of the molecule is CC(CO)(CO)C(=O)OCCCCCCCCCCCN=[N+]=[N-]. The first-order valence-electron chi connectivity index (χ1n) is 8.50. The number of aliphatic hydroxyl groups is 2. The summed E-state index contributed by atoms with van der Waals surface area (Å²) in [5, 5.41) is 21.7. The summed E-state index contributed by atoms with van der Waals surface area (Å²) in [4.78, 5) is 14.4. The number of ether oxygens (including phenoxy) is 1. The fraction of sp³-hybridized carbons (Fsp3) is 0.938. The molecule has 0 saturated carbocycles. The number of carbonyl (C=O) groups excluding carboxylic acids is 1. The molecule has 23 heavy (non-hydrogen) atoms. The van der Waals surface area contributed by atoms with E-state index in [0.717, 1.165) is 32.1 Å². The maximum absolute atomic E-state index is 11.7. The molecular formula is C16H31N3O4. The summed E-state index contributed by atoms with van der Waals surface area (Å²) in [7, 11) is 0. The molecule has 0 heterocycles. The number of unbranched alkanes of at least 4 members (excludes halogenated alkanes) is 8. The molecule has 0 fully saturated rings. The highest BCUT2D eigenvalue weighted by Crippen LogP contribution is 2.17. The standard InChI is InChI=1S/C16H31N3O4/c1-16(13-20,14-21)15(22)23-12-10-8-6-4-2-3-5-7-9-11-18-19-17/h20-21H,2-14H2,1H3. The van der Waals surface area contributed by atoms with Gasteiger partial charge < -0.3 is 14.9 Å². The molecule has 0 aromatic rings. The summed E-state index contributed by atoms with van der Waals surface area (Å²) in [6.45, 7) is 1.60. The van der Waals surface area contributed by atoms with Gasteiger partial charge in [-0.15, -0.1) is 0 Å². The van der Waals surface area contributed by atoms with Crippen LogP contribution in [0.1, 0.15) is 64.7 Å². The van der Waals surface area contributed by atoms with Crippen molar-refractivity contribution in [3.63, 3.8) is 0 Å². The van der Waals surface area contributed by atoms with E-state index >= 15 is 0 Å². The number of nitrogens with zero attached hydrogens (tertiary/aromatic N) is 3. The average molecular weight is 329 g/mol. The Morgan fingerprint density at radius 3 is 1.96 bits per heavy atom. The zero-order valence-electron chi connectivity index (χ0n) is 14.2. The van der Waals surface area contributed by atoms with Crippen molar-refractivity contribution in [3.8, 4) is 0 Å². The molecule has 0 aromatic carbocycles. The normalized spacial score (nSPS) is 11.1. The second-order valence-corrected chi connectivity index (χ2v) is 6.15. The summed E-state index contributed by atoms with van der Waals surface area (Å²) in [6.07, 6.45) is 9.79. The first-order chi connectivity index (χ1) is 11.1. The fourth-order valence-electron chi connectivity index (χ4n) is 2.08. The van der Waals surface area contributed by atoms with Gasteiger partial charge in [0.2, 0.25) is 0 Å². The number of rotatable bonds is 15. The molecule has 0 aliphatic heterocycles. The van der Waals surface area contributed by atoms with E-state index < -0.39 is 24.6 Å². The lowest BCUT2D eigenvalue weighted by atomic mass is 9.93. The van der Waals surface area contributed by atoms with E-state index in [-0.39, 0.29) is 0 Å². The minimum atomic E-state index is -1.20. The molecule has 0 bridgehead atoms. The monoisotopic (exact) mass is 329 g/mol. The molecule has 0 spiro atoms. The van der Waals surface area contributed by atoms with Crippen LogP contribution in [0.15, 0.2) is 5.11 Å². The Hall–Kier alpha value is -1.30.